The van der Waals surface area contributed by atoms with Gasteiger partial charge in [-0.15, -0.1) is 10.2 Å². The molecule has 0 unspecified atom stereocenters. The molecule has 7 heteroatoms. The minimum atomic E-state index is 0.0127. The predicted molar refractivity (Wildman–Crippen MR) is 85.3 cm³/mol. The Morgan fingerprint density at radius 2 is 1.90 bits per heavy atom. The van der Waals surface area contributed by atoms with Crippen LogP contribution in [-0.2, 0) is 11.3 Å². The summed E-state index contributed by atoms with van der Waals surface area (Å²) in [5.74, 6) is 1.37. The van der Waals surface area contributed by atoms with Crippen LogP contribution >= 0.6 is 34.9 Å². The van der Waals surface area contributed by atoms with Gasteiger partial charge >= 0.3 is 0 Å². The molecule has 0 spiro atoms. The quantitative estimate of drug-likeness (QED) is 0.793. The predicted octanol–water partition coefficient (Wildman–Crippen LogP) is 3.06. The van der Waals surface area contributed by atoms with Gasteiger partial charge in [-0.1, -0.05) is 72.1 Å². The number of amides is 1. The number of thioether (sulfide) groups is 2. The van der Waals surface area contributed by atoms with E-state index < -0.39 is 0 Å². The Bertz CT molecular complexity index is 545. The van der Waals surface area contributed by atoms with E-state index >= 15 is 0 Å². The average Bonchev–Trinajstić information content (AvgIpc) is 2.92. The van der Waals surface area contributed by atoms with E-state index in [2.05, 4.69) is 22.4 Å². The molecule has 0 atom stereocenters. The molecular formula is C13H15N3OS3. The van der Waals surface area contributed by atoms with Crippen molar-refractivity contribution in [3.63, 3.8) is 0 Å². The van der Waals surface area contributed by atoms with Crippen LogP contribution in [-0.4, -0.2) is 27.6 Å². The Morgan fingerprint density at radius 1 is 1.20 bits per heavy atom. The SMILES string of the molecule is CCSc1nnc(SCC(=O)NCc2ccccc2)s1. The molecule has 4 nitrogen and oxygen atoms in total. The molecule has 1 amide bonds. The lowest BCUT2D eigenvalue weighted by atomic mass is 10.2. The highest BCUT2D eigenvalue weighted by Gasteiger charge is 2.08. The number of nitrogens with one attached hydrogen (secondary N) is 1. The van der Waals surface area contributed by atoms with Gasteiger partial charge in [0.25, 0.3) is 0 Å². The third-order valence-corrected chi connectivity index (χ3v) is 5.39. The standard InChI is InChI=1S/C13H15N3OS3/c1-2-18-12-15-16-13(20-12)19-9-11(17)14-8-10-6-4-3-5-7-10/h3-7H,2,8-9H2,1H3,(H,14,17). The second-order valence-electron chi connectivity index (χ2n) is 3.82. The topological polar surface area (TPSA) is 54.9 Å². The molecule has 0 bridgehead atoms. The van der Waals surface area contributed by atoms with Crippen molar-refractivity contribution in [2.75, 3.05) is 11.5 Å². The molecule has 0 aliphatic heterocycles. The van der Waals surface area contributed by atoms with Crippen molar-refractivity contribution in [2.45, 2.75) is 22.1 Å². The van der Waals surface area contributed by atoms with Crippen LogP contribution < -0.4 is 5.32 Å². The smallest absolute Gasteiger partial charge is 0.230 e. The van der Waals surface area contributed by atoms with Gasteiger partial charge in [-0.25, -0.2) is 0 Å². The van der Waals surface area contributed by atoms with Gasteiger partial charge in [0.2, 0.25) is 5.91 Å². The average molecular weight is 325 g/mol. The van der Waals surface area contributed by atoms with Gasteiger partial charge in [0, 0.05) is 6.54 Å². The normalized spacial score (nSPS) is 10.4. The van der Waals surface area contributed by atoms with Crippen molar-refractivity contribution < 1.29 is 4.79 Å². The van der Waals surface area contributed by atoms with Crippen molar-refractivity contribution in [1.29, 1.82) is 0 Å². The molecule has 0 saturated carbocycles. The molecule has 1 N–H and O–H groups in total. The Hall–Kier alpha value is -1.05. The molecule has 0 saturated heterocycles. The van der Waals surface area contributed by atoms with Gasteiger partial charge < -0.3 is 5.32 Å². The van der Waals surface area contributed by atoms with E-state index in [1.54, 1.807) is 11.8 Å². The van der Waals surface area contributed by atoms with Gasteiger partial charge in [0.15, 0.2) is 8.68 Å². The Morgan fingerprint density at radius 3 is 2.60 bits per heavy atom. The summed E-state index contributed by atoms with van der Waals surface area (Å²) in [6.45, 7) is 2.64. The number of rotatable bonds is 7. The van der Waals surface area contributed by atoms with E-state index in [4.69, 9.17) is 0 Å². The summed E-state index contributed by atoms with van der Waals surface area (Å²) in [5.41, 5.74) is 1.10. The van der Waals surface area contributed by atoms with E-state index in [0.29, 0.717) is 12.3 Å². The zero-order chi connectivity index (χ0) is 14.2. The van der Waals surface area contributed by atoms with Crippen LogP contribution in [0.2, 0.25) is 0 Å². The summed E-state index contributed by atoms with van der Waals surface area (Å²) in [5, 5.41) is 11.0. The molecule has 1 aromatic carbocycles. The lowest BCUT2D eigenvalue weighted by Crippen LogP contribution is -2.24. The molecule has 0 aliphatic carbocycles. The van der Waals surface area contributed by atoms with Gasteiger partial charge in [0.1, 0.15) is 0 Å². The fourth-order valence-electron chi connectivity index (χ4n) is 1.41. The van der Waals surface area contributed by atoms with E-state index in [0.717, 1.165) is 20.0 Å². The fraction of sp³-hybridized carbons (Fsp3) is 0.308. The van der Waals surface area contributed by atoms with Crippen LogP contribution in [0.1, 0.15) is 12.5 Å². The van der Waals surface area contributed by atoms with Crippen LogP contribution in [0.5, 0.6) is 0 Å². The zero-order valence-corrected chi connectivity index (χ0v) is 13.5. The van der Waals surface area contributed by atoms with Gasteiger partial charge in [-0.05, 0) is 11.3 Å². The van der Waals surface area contributed by atoms with Crippen LogP contribution in [0.25, 0.3) is 0 Å². The van der Waals surface area contributed by atoms with Gasteiger partial charge in [-0.3, -0.25) is 4.79 Å². The molecule has 0 fully saturated rings. The Kier molecular flexibility index (Phi) is 6.35. The lowest BCUT2D eigenvalue weighted by Gasteiger charge is -2.03. The first-order valence-electron chi connectivity index (χ1n) is 6.17. The molecule has 1 aromatic heterocycles. The number of benzene rings is 1. The van der Waals surface area contributed by atoms with Crippen LogP contribution in [0, 0.1) is 0 Å². The van der Waals surface area contributed by atoms with E-state index in [1.165, 1.54) is 23.1 Å². The number of hydrogen-bond donors (Lipinski definition) is 1. The molecular weight excluding hydrogens is 310 g/mol. The van der Waals surface area contributed by atoms with Gasteiger partial charge in [0.05, 0.1) is 5.75 Å². The van der Waals surface area contributed by atoms with E-state index in [1.807, 2.05) is 30.3 Å². The molecule has 2 aromatic rings. The van der Waals surface area contributed by atoms with Crippen molar-refractivity contribution in [2.24, 2.45) is 0 Å². The number of nitrogens with zero attached hydrogens (tertiary/aromatic N) is 2. The summed E-state index contributed by atoms with van der Waals surface area (Å²) in [6, 6.07) is 9.87. The first-order chi connectivity index (χ1) is 9.78. The van der Waals surface area contributed by atoms with Gasteiger partial charge in [-0.2, -0.15) is 0 Å². The summed E-state index contributed by atoms with van der Waals surface area (Å²) in [4.78, 5) is 11.7. The minimum absolute atomic E-state index is 0.0127. The summed E-state index contributed by atoms with van der Waals surface area (Å²) in [7, 11) is 0. The van der Waals surface area contributed by atoms with Crippen LogP contribution in [0.3, 0.4) is 0 Å². The van der Waals surface area contributed by atoms with Crippen LogP contribution in [0.4, 0.5) is 0 Å². The highest BCUT2D eigenvalue weighted by atomic mass is 32.2. The Labute approximate surface area is 130 Å². The molecule has 20 heavy (non-hydrogen) atoms. The van der Waals surface area contributed by atoms with E-state index in [-0.39, 0.29) is 5.91 Å². The monoisotopic (exact) mass is 325 g/mol. The lowest BCUT2D eigenvalue weighted by molar-refractivity contribution is -0.118. The largest absolute Gasteiger partial charge is 0.351 e. The zero-order valence-electron chi connectivity index (χ0n) is 11.0. The summed E-state index contributed by atoms with van der Waals surface area (Å²) in [6.07, 6.45) is 0. The number of aromatic nitrogens is 2. The highest BCUT2D eigenvalue weighted by molar-refractivity contribution is 8.03. The second kappa shape index (κ2) is 8.28. The Balaban J connectivity index is 1.71. The minimum Gasteiger partial charge on any atom is -0.351 e. The highest BCUT2D eigenvalue weighted by Crippen LogP contribution is 2.28. The molecule has 2 rings (SSSR count). The maximum absolute atomic E-state index is 11.7. The maximum atomic E-state index is 11.7. The first-order valence-corrected chi connectivity index (χ1v) is 8.96. The molecule has 0 aliphatic rings. The van der Waals surface area contributed by atoms with Crippen LogP contribution in [0.15, 0.2) is 39.0 Å². The molecule has 0 radical (unpaired) electrons. The van der Waals surface area contributed by atoms with Crippen molar-refractivity contribution in [1.82, 2.24) is 15.5 Å². The van der Waals surface area contributed by atoms with E-state index in [9.17, 15) is 4.79 Å². The molecule has 106 valence electrons. The third kappa shape index (κ3) is 5.15. The number of carbonyl (C=O) groups is 1. The summed E-state index contributed by atoms with van der Waals surface area (Å²) >= 11 is 4.64. The summed E-state index contributed by atoms with van der Waals surface area (Å²) < 4.78 is 1.80. The van der Waals surface area contributed by atoms with Crippen molar-refractivity contribution >= 4 is 40.8 Å². The fourth-order valence-corrected chi connectivity index (χ4v) is 4.16. The van der Waals surface area contributed by atoms with Crippen molar-refractivity contribution in [3.8, 4) is 0 Å². The van der Waals surface area contributed by atoms with Crippen molar-refractivity contribution in [3.05, 3.63) is 35.9 Å². The molecule has 1 heterocycles. The number of carbonyl (C=O) groups excluding carboxylic acids is 1. The number of hydrogen-bond acceptors (Lipinski definition) is 6. The maximum Gasteiger partial charge on any atom is 0.230 e. The first kappa shape index (κ1) is 15.3. The third-order valence-electron chi connectivity index (χ3n) is 2.31. The second-order valence-corrected chi connectivity index (χ2v) is 7.53.